The highest BCUT2D eigenvalue weighted by Crippen LogP contribution is 2.12. The third-order valence-corrected chi connectivity index (χ3v) is 5.15. The van der Waals surface area contributed by atoms with Crippen LogP contribution in [0.2, 0.25) is 0 Å². The van der Waals surface area contributed by atoms with Gasteiger partial charge in [0.05, 0.1) is 13.2 Å². The van der Waals surface area contributed by atoms with Crippen LogP contribution in [0, 0.1) is 0 Å². The van der Waals surface area contributed by atoms with Crippen molar-refractivity contribution in [1.29, 1.82) is 0 Å². The molecule has 1 unspecified atom stereocenters. The molecular weight excluding hydrogens is 332 g/mol. The number of guanidine groups is 1. The van der Waals surface area contributed by atoms with Crippen LogP contribution in [0.4, 0.5) is 4.79 Å². The first-order valence-electron chi connectivity index (χ1n) is 9.88. The second-order valence-corrected chi connectivity index (χ2v) is 7.22. The van der Waals surface area contributed by atoms with Crippen LogP contribution in [0.5, 0.6) is 0 Å². The Labute approximate surface area is 157 Å². The van der Waals surface area contributed by atoms with Crippen LogP contribution in [0.25, 0.3) is 0 Å². The van der Waals surface area contributed by atoms with E-state index in [1.54, 1.807) is 4.90 Å². The molecule has 2 heterocycles. The zero-order chi connectivity index (χ0) is 18.9. The predicted octanol–water partition coefficient (Wildman–Crippen LogP) is 0.408. The van der Waals surface area contributed by atoms with E-state index in [1.165, 1.54) is 0 Å². The number of aliphatic imine (C=N–C) groups is 1. The van der Waals surface area contributed by atoms with E-state index in [0.717, 1.165) is 64.6 Å². The smallest absolute Gasteiger partial charge is 0.409 e. The van der Waals surface area contributed by atoms with Crippen molar-refractivity contribution in [2.75, 3.05) is 66.5 Å². The molecule has 0 spiro atoms. The molecule has 0 aromatic carbocycles. The number of piperidine rings is 1. The van der Waals surface area contributed by atoms with E-state index in [1.807, 2.05) is 6.92 Å². The minimum Gasteiger partial charge on any atom is -0.450 e. The average molecular weight is 369 g/mol. The molecule has 2 fully saturated rings. The third kappa shape index (κ3) is 6.32. The number of carbonyl (C=O) groups excluding carboxylic acids is 1. The Morgan fingerprint density at radius 3 is 2.54 bits per heavy atom. The molecule has 2 aliphatic heterocycles. The van der Waals surface area contributed by atoms with Gasteiger partial charge < -0.3 is 25.2 Å². The lowest BCUT2D eigenvalue weighted by Crippen LogP contribution is -2.52. The first-order valence-corrected chi connectivity index (χ1v) is 9.88. The lowest BCUT2D eigenvalue weighted by molar-refractivity contribution is 0.0962. The number of ether oxygens (including phenoxy) is 1. The van der Waals surface area contributed by atoms with E-state index >= 15 is 0 Å². The summed E-state index contributed by atoms with van der Waals surface area (Å²) in [6, 6.07) is 0.792. The molecule has 2 N–H and O–H groups in total. The summed E-state index contributed by atoms with van der Waals surface area (Å²) in [6.07, 6.45) is 1.63. The molecule has 0 radical (unpaired) electrons. The molecular formula is C18H36N6O2. The Kier molecular flexibility index (Phi) is 8.44. The van der Waals surface area contributed by atoms with Crippen molar-refractivity contribution in [3.63, 3.8) is 0 Å². The van der Waals surface area contributed by atoms with Crippen molar-refractivity contribution in [2.24, 2.45) is 4.99 Å². The molecule has 0 bridgehead atoms. The topological polar surface area (TPSA) is 72.4 Å². The normalized spacial score (nSPS) is 23.8. The lowest BCUT2D eigenvalue weighted by atomic mass is 10.1. The molecule has 0 aliphatic carbocycles. The van der Waals surface area contributed by atoms with Crippen molar-refractivity contribution < 1.29 is 9.53 Å². The lowest BCUT2D eigenvalue weighted by Gasteiger charge is -2.37. The standard InChI is InChI=1S/C18H36N6O2/c1-5-19-17(20-13-16-14-22(3)11-12-23(16)4)21-15-7-9-24(10-8-15)18(25)26-6-2/h15-16H,5-14H2,1-4H3,(H2,19,20,21). The van der Waals surface area contributed by atoms with Crippen LogP contribution < -0.4 is 10.6 Å². The third-order valence-electron chi connectivity index (χ3n) is 5.15. The van der Waals surface area contributed by atoms with Gasteiger partial charge in [-0.25, -0.2) is 4.79 Å². The number of piperazine rings is 1. The van der Waals surface area contributed by atoms with Gasteiger partial charge in [0.25, 0.3) is 0 Å². The highest BCUT2D eigenvalue weighted by atomic mass is 16.6. The van der Waals surface area contributed by atoms with Crippen molar-refractivity contribution in [3.05, 3.63) is 0 Å². The molecule has 0 aromatic rings. The van der Waals surface area contributed by atoms with Crippen molar-refractivity contribution in [1.82, 2.24) is 25.3 Å². The van der Waals surface area contributed by atoms with Crippen LogP contribution in [-0.4, -0.2) is 105 Å². The summed E-state index contributed by atoms with van der Waals surface area (Å²) in [5.74, 6) is 0.878. The summed E-state index contributed by atoms with van der Waals surface area (Å²) < 4.78 is 5.08. The zero-order valence-electron chi connectivity index (χ0n) is 16.8. The van der Waals surface area contributed by atoms with Crippen LogP contribution in [0.3, 0.4) is 0 Å². The molecule has 26 heavy (non-hydrogen) atoms. The molecule has 0 saturated carbocycles. The van der Waals surface area contributed by atoms with Crippen LogP contribution >= 0.6 is 0 Å². The number of hydrogen-bond donors (Lipinski definition) is 2. The van der Waals surface area contributed by atoms with Gasteiger partial charge in [0.1, 0.15) is 0 Å². The Hall–Kier alpha value is -1.54. The van der Waals surface area contributed by atoms with E-state index in [4.69, 9.17) is 9.73 Å². The van der Waals surface area contributed by atoms with E-state index in [-0.39, 0.29) is 6.09 Å². The maximum absolute atomic E-state index is 11.8. The molecule has 0 aromatic heterocycles. The van der Waals surface area contributed by atoms with E-state index in [0.29, 0.717) is 18.7 Å². The average Bonchev–Trinajstić information content (AvgIpc) is 2.63. The number of nitrogens with one attached hydrogen (secondary N) is 2. The number of nitrogens with zero attached hydrogens (tertiary/aromatic N) is 4. The SMILES string of the molecule is CCNC(=NCC1CN(C)CCN1C)NC1CCN(C(=O)OCC)CC1. The van der Waals surface area contributed by atoms with Gasteiger partial charge in [0.15, 0.2) is 5.96 Å². The minimum absolute atomic E-state index is 0.198. The fraction of sp³-hybridized carbons (Fsp3) is 0.889. The first kappa shape index (κ1) is 20.8. The number of likely N-dealkylation sites (N-methyl/N-ethyl adjacent to an activating group) is 2. The van der Waals surface area contributed by atoms with E-state index in [2.05, 4.69) is 41.5 Å². The summed E-state index contributed by atoms with van der Waals surface area (Å²) >= 11 is 0. The van der Waals surface area contributed by atoms with E-state index < -0.39 is 0 Å². The Morgan fingerprint density at radius 1 is 1.15 bits per heavy atom. The highest BCUT2D eigenvalue weighted by Gasteiger charge is 2.25. The Morgan fingerprint density at radius 2 is 1.88 bits per heavy atom. The van der Waals surface area contributed by atoms with Crippen LogP contribution in [0.1, 0.15) is 26.7 Å². The highest BCUT2D eigenvalue weighted by molar-refractivity contribution is 5.80. The maximum Gasteiger partial charge on any atom is 0.409 e. The summed E-state index contributed by atoms with van der Waals surface area (Å²) in [5.41, 5.74) is 0. The number of likely N-dealkylation sites (tertiary alicyclic amines) is 1. The van der Waals surface area contributed by atoms with Crippen LogP contribution in [-0.2, 0) is 4.74 Å². The predicted molar refractivity (Wildman–Crippen MR) is 105 cm³/mol. The van der Waals surface area contributed by atoms with Crippen molar-refractivity contribution in [3.8, 4) is 0 Å². The monoisotopic (exact) mass is 368 g/mol. The number of carbonyl (C=O) groups is 1. The quantitative estimate of drug-likeness (QED) is 0.541. The molecule has 2 saturated heterocycles. The zero-order valence-corrected chi connectivity index (χ0v) is 16.8. The fourth-order valence-electron chi connectivity index (χ4n) is 3.43. The summed E-state index contributed by atoms with van der Waals surface area (Å²) in [7, 11) is 4.35. The summed E-state index contributed by atoms with van der Waals surface area (Å²) in [5, 5.41) is 6.89. The molecule has 8 nitrogen and oxygen atoms in total. The van der Waals surface area contributed by atoms with Gasteiger partial charge in [0.2, 0.25) is 0 Å². The van der Waals surface area contributed by atoms with Gasteiger partial charge in [0, 0.05) is 51.4 Å². The van der Waals surface area contributed by atoms with Gasteiger partial charge >= 0.3 is 6.09 Å². The minimum atomic E-state index is -0.198. The summed E-state index contributed by atoms with van der Waals surface area (Å²) in [6.45, 7) is 10.7. The number of amides is 1. The molecule has 8 heteroatoms. The molecule has 2 rings (SSSR count). The molecule has 1 amide bonds. The van der Waals surface area contributed by atoms with Gasteiger partial charge in [-0.15, -0.1) is 0 Å². The van der Waals surface area contributed by atoms with Gasteiger partial charge in [-0.05, 0) is 40.8 Å². The second-order valence-electron chi connectivity index (χ2n) is 7.22. The van der Waals surface area contributed by atoms with E-state index in [9.17, 15) is 4.79 Å². The van der Waals surface area contributed by atoms with Gasteiger partial charge in [-0.3, -0.25) is 9.89 Å². The van der Waals surface area contributed by atoms with Gasteiger partial charge in [-0.1, -0.05) is 0 Å². The molecule has 1 atom stereocenters. The van der Waals surface area contributed by atoms with Crippen molar-refractivity contribution >= 4 is 12.1 Å². The molecule has 150 valence electrons. The number of hydrogen-bond acceptors (Lipinski definition) is 5. The van der Waals surface area contributed by atoms with Crippen LogP contribution in [0.15, 0.2) is 4.99 Å². The van der Waals surface area contributed by atoms with Crippen molar-refractivity contribution in [2.45, 2.75) is 38.8 Å². The second kappa shape index (κ2) is 10.6. The number of rotatable bonds is 5. The Bertz CT molecular complexity index is 465. The maximum atomic E-state index is 11.8. The fourth-order valence-corrected chi connectivity index (χ4v) is 3.43. The first-order chi connectivity index (χ1) is 12.5. The largest absolute Gasteiger partial charge is 0.450 e. The molecule has 2 aliphatic rings. The Balaban J connectivity index is 1.83. The van der Waals surface area contributed by atoms with Gasteiger partial charge in [-0.2, -0.15) is 0 Å². The summed E-state index contributed by atoms with van der Waals surface area (Å²) in [4.78, 5) is 23.2.